The summed E-state index contributed by atoms with van der Waals surface area (Å²) in [6.45, 7) is 2.08. The first-order valence-corrected chi connectivity index (χ1v) is 6.78. The molecule has 2 aromatic carbocycles. The Bertz CT molecular complexity index is 769. The van der Waals surface area contributed by atoms with Gasteiger partial charge in [0, 0.05) is 36.1 Å². The summed E-state index contributed by atoms with van der Waals surface area (Å²) in [5, 5.41) is 1.18. The number of nitrogens with zero attached hydrogens (tertiary/aromatic N) is 1. The van der Waals surface area contributed by atoms with Crippen LogP contribution in [0.4, 0.5) is 0 Å². The van der Waals surface area contributed by atoms with Gasteiger partial charge in [0.1, 0.15) is 0 Å². The summed E-state index contributed by atoms with van der Waals surface area (Å²) in [7, 11) is 2.02. The van der Waals surface area contributed by atoms with Crippen molar-refractivity contribution in [2.45, 2.75) is 13.3 Å². The lowest BCUT2D eigenvalue weighted by molar-refractivity contribution is 0.0993. The molecule has 0 saturated carbocycles. The molecule has 0 N–H and O–H groups in total. The lowest BCUT2D eigenvalue weighted by atomic mass is 10.0. The quantitative estimate of drug-likeness (QED) is 0.657. The Morgan fingerprint density at radius 1 is 1.10 bits per heavy atom. The van der Waals surface area contributed by atoms with Gasteiger partial charge in [0.15, 0.2) is 5.78 Å². The normalized spacial score (nSPS) is 10.9. The Labute approximate surface area is 118 Å². The maximum Gasteiger partial charge on any atom is 0.167 e. The first-order valence-electron chi connectivity index (χ1n) is 6.78. The molecule has 3 aromatic rings. The van der Waals surface area contributed by atoms with Crippen LogP contribution in [-0.4, -0.2) is 10.4 Å². The number of benzene rings is 2. The van der Waals surface area contributed by atoms with Gasteiger partial charge in [-0.1, -0.05) is 42.0 Å². The van der Waals surface area contributed by atoms with Crippen LogP contribution in [0.2, 0.25) is 0 Å². The fourth-order valence-electron chi connectivity index (χ4n) is 2.63. The van der Waals surface area contributed by atoms with Crippen molar-refractivity contribution in [3.63, 3.8) is 0 Å². The summed E-state index contributed by atoms with van der Waals surface area (Å²) >= 11 is 0. The zero-order valence-electron chi connectivity index (χ0n) is 11.8. The number of aromatic nitrogens is 1. The smallest absolute Gasteiger partial charge is 0.167 e. The average molecular weight is 263 g/mol. The molecule has 0 aliphatic heterocycles. The van der Waals surface area contributed by atoms with E-state index >= 15 is 0 Å². The number of Topliss-reactive ketones (excluding diaryl/α,β-unsaturated/α-hetero) is 1. The molecule has 0 spiro atoms. The van der Waals surface area contributed by atoms with Gasteiger partial charge >= 0.3 is 0 Å². The van der Waals surface area contributed by atoms with Crippen LogP contribution in [0.3, 0.4) is 0 Å². The minimum absolute atomic E-state index is 0.166. The largest absolute Gasteiger partial charge is 0.350 e. The lowest BCUT2D eigenvalue weighted by Gasteiger charge is -2.01. The van der Waals surface area contributed by atoms with Gasteiger partial charge in [-0.05, 0) is 24.6 Å². The molecule has 0 amide bonds. The van der Waals surface area contributed by atoms with Crippen LogP contribution in [-0.2, 0) is 13.5 Å². The Morgan fingerprint density at radius 3 is 2.60 bits per heavy atom. The summed E-state index contributed by atoms with van der Waals surface area (Å²) in [6, 6.07) is 15.9. The molecule has 20 heavy (non-hydrogen) atoms. The third-order valence-electron chi connectivity index (χ3n) is 3.67. The van der Waals surface area contributed by atoms with Gasteiger partial charge in [-0.2, -0.15) is 0 Å². The molecule has 2 heteroatoms. The summed E-state index contributed by atoms with van der Waals surface area (Å²) in [5.74, 6) is 0.166. The Balaban J connectivity index is 1.99. The van der Waals surface area contributed by atoms with Gasteiger partial charge in [-0.25, -0.2) is 0 Å². The molecule has 0 aliphatic carbocycles. The zero-order valence-corrected chi connectivity index (χ0v) is 11.8. The fourth-order valence-corrected chi connectivity index (χ4v) is 2.63. The maximum atomic E-state index is 12.3. The van der Waals surface area contributed by atoms with E-state index in [4.69, 9.17) is 0 Å². The number of hydrogen-bond acceptors (Lipinski definition) is 1. The molecule has 0 saturated heterocycles. The monoisotopic (exact) mass is 263 g/mol. The number of carbonyl (C=O) groups excluding carboxylic acids is 1. The van der Waals surface area contributed by atoms with Crippen LogP contribution >= 0.6 is 0 Å². The van der Waals surface area contributed by atoms with E-state index < -0.39 is 0 Å². The minimum Gasteiger partial charge on any atom is -0.350 e. The highest BCUT2D eigenvalue weighted by Crippen LogP contribution is 2.23. The van der Waals surface area contributed by atoms with Crippen molar-refractivity contribution in [2.75, 3.05) is 0 Å². The number of aryl methyl sites for hydroxylation is 2. The van der Waals surface area contributed by atoms with Gasteiger partial charge in [0.05, 0.1) is 0 Å². The molecule has 0 atom stereocenters. The molecule has 2 nitrogen and oxygen atoms in total. The SMILES string of the molecule is Cc1ccc2c(c1)c(CC(=O)c1ccccc1)cn2C. The second-order valence-corrected chi connectivity index (χ2v) is 5.25. The van der Waals surface area contributed by atoms with Crippen LogP contribution in [0.1, 0.15) is 21.5 Å². The zero-order chi connectivity index (χ0) is 14.1. The molecular formula is C18H17NO. The number of carbonyl (C=O) groups is 1. The van der Waals surface area contributed by atoms with E-state index in [9.17, 15) is 4.79 Å². The lowest BCUT2D eigenvalue weighted by Crippen LogP contribution is -2.02. The number of ketones is 1. The molecule has 100 valence electrons. The van der Waals surface area contributed by atoms with E-state index in [-0.39, 0.29) is 5.78 Å². The van der Waals surface area contributed by atoms with Gasteiger partial charge in [-0.15, -0.1) is 0 Å². The molecule has 0 unspecified atom stereocenters. The van der Waals surface area contributed by atoms with E-state index in [1.54, 1.807) is 0 Å². The molecule has 0 radical (unpaired) electrons. The van der Waals surface area contributed by atoms with Crippen LogP contribution in [0.15, 0.2) is 54.7 Å². The highest BCUT2D eigenvalue weighted by Gasteiger charge is 2.12. The van der Waals surface area contributed by atoms with Crippen LogP contribution < -0.4 is 0 Å². The van der Waals surface area contributed by atoms with Crippen molar-refractivity contribution in [1.82, 2.24) is 4.57 Å². The van der Waals surface area contributed by atoms with Crippen molar-refractivity contribution >= 4 is 16.7 Å². The average Bonchev–Trinajstić information content (AvgIpc) is 2.76. The summed E-state index contributed by atoms with van der Waals surface area (Å²) in [4.78, 5) is 12.3. The van der Waals surface area contributed by atoms with Gasteiger partial charge in [0.25, 0.3) is 0 Å². The van der Waals surface area contributed by atoms with Crippen molar-refractivity contribution in [3.8, 4) is 0 Å². The van der Waals surface area contributed by atoms with E-state index in [2.05, 4.69) is 35.9 Å². The highest BCUT2D eigenvalue weighted by molar-refractivity contribution is 6.00. The van der Waals surface area contributed by atoms with E-state index in [0.717, 1.165) is 11.1 Å². The first kappa shape index (κ1) is 12.7. The number of rotatable bonds is 3. The Morgan fingerprint density at radius 2 is 1.85 bits per heavy atom. The predicted molar refractivity (Wildman–Crippen MR) is 82.1 cm³/mol. The van der Waals surface area contributed by atoms with Gasteiger partial charge < -0.3 is 4.57 Å². The Hall–Kier alpha value is -2.35. The van der Waals surface area contributed by atoms with E-state index in [1.165, 1.54) is 16.5 Å². The van der Waals surface area contributed by atoms with Gasteiger partial charge in [0.2, 0.25) is 0 Å². The third-order valence-corrected chi connectivity index (χ3v) is 3.67. The van der Waals surface area contributed by atoms with Gasteiger partial charge in [-0.3, -0.25) is 4.79 Å². The van der Waals surface area contributed by atoms with Crippen molar-refractivity contribution in [1.29, 1.82) is 0 Å². The molecule has 0 fully saturated rings. The standard InChI is InChI=1S/C18H17NO/c1-13-8-9-17-16(10-13)15(12-19(17)2)11-18(20)14-6-4-3-5-7-14/h3-10,12H,11H2,1-2H3. The maximum absolute atomic E-state index is 12.3. The Kier molecular flexibility index (Phi) is 3.15. The third kappa shape index (κ3) is 2.25. The van der Waals surface area contributed by atoms with Crippen molar-refractivity contribution in [3.05, 3.63) is 71.4 Å². The van der Waals surface area contributed by atoms with E-state index in [0.29, 0.717) is 6.42 Å². The summed E-state index contributed by atoms with van der Waals surface area (Å²) < 4.78 is 2.09. The van der Waals surface area contributed by atoms with Crippen LogP contribution in [0.5, 0.6) is 0 Å². The molecule has 1 aromatic heterocycles. The molecule has 0 bridgehead atoms. The topological polar surface area (TPSA) is 22.0 Å². The van der Waals surface area contributed by atoms with E-state index in [1.807, 2.05) is 37.4 Å². The number of hydrogen-bond donors (Lipinski definition) is 0. The van der Waals surface area contributed by atoms with Crippen LogP contribution in [0.25, 0.3) is 10.9 Å². The second-order valence-electron chi connectivity index (χ2n) is 5.25. The summed E-state index contributed by atoms with van der Waals surface area (Å²) in [5.41, 5.74) is 4.26. The first-order chi connectivity index (χ1) is 9.65. The minimum atomic E-state index is 0.166. The van der Waals surface area contributed by atoms with Crippen molar-refractivity contribution < 1.29 is 4.79 Å². The van der Waals surface area contributed by atoms with Crippen LogP contribution in [0, 0.1) is 6.92 Å². The molecular weight excluding hydrogens is 246 g/mol. The number of fused-ring (bicyclic) bond motifs is 1. The second kappa shape index (κ2) is 4.97. The van der Waals surface area contributed by atoms with Crippen molar-refractivity contribution in [2.24, 2.45) is 7.05 Å². The summed E-state index contributed by atoms with van der Waals surface area (Å²) in [6.07, 6.45) is 2.51. The molecule has 3 rings (SSSR count). The molecule has 1 heterocycles. The highest BCUT2D eigenvalue weighted by atomic mass is 16.1. The predicted octanol–water partition coefficient (Wildman–Crippen LogP) is 3.91. The fraction of sp³-hybridized carbons (Fsp3) is 0.167. The molecule has 0 aliphatic rings.